The van der Waals surface area contributed by atoms with Crippen molar-refractivity contribution < 1.29 is 5.11 Å². The van der Waals surface area contributed by atoms with Gasteiger partial charge in [-0.25, -0.2) is 0 Å². The Morgan fingerprint density at radius 1 is 1.37 bits per heavy atom. The van der Waals surface area contributed by atoms with Gasteiger partial charge in [-0.3, -0.25) is 4.68 Å². The van der Waals surface area contributed by atoms with Gasteiger partial charge >= 0.3 is 0 Å². The third-order valence-electron chi connectivity index (χ3n) is 4.73. The first-order valence-electron chi connectivity index (χ1n) is 7.31. The van der Waals surface area contributed by atoms with E-state index in [0.717, 1.165) is 24.2 Å². The Bertz CT molecular complexity index is 419. The Labute approximate surface area is 116 Å². The number of aromatic nitrogens is 2. The molecule has 0 radical (unpaired) electrons. The van der Waals surface area contributed by atoms with Crippen molar-refractivity contribution in [3.05, 3.63) is 17.5 Å². The Morgan fingerprint density at radius 3 is 2.47 bits per heavy atom. The van der Waals surface area contributed by atoms with Crippen molar-refractivity contribution >= 4 is 0 Å². The second kappa shape index (κ2) is 5.63. The number of likely N-dealkylation sites (N-methyl/N-ethyl adjacent to an activating group) is 1. The molecule has 0 amide bonds. The summed E-state index contributed by atoms with van der Waals surface area (Å²) in [6.45, 7) is 2.00. The molecule has 2 rings (SSSR count). The van der Waals surface area contributed by atoms with Crippen LogP contribution in [0.5, 0.6) is 0 Å². The zero-order valence-corrected chi connectivity index (χ0v) is 12.7. The molecule has 19 heavy (non-hydrogen) atoms. The van der Waals surface area contributed by atoms with E-state index >= 15 is 0 Å². The largest absolute Gasteiger partial charge is 0.391 e. The van der Waals surface area contributed by atoms with Crippen LogP contribution in [0.3, 0.4) is 0 Å². The molecule has 4 nitrogen and oxygen atoms in total. The van der Waals surface area contributed by atoms with Crippen LogP contribution in [0, 0.1) is 6.92 Å². The van der Waals surface area contributed by atoms with Gasteiger partial charge in [0.25, 0.3) is 0 Å². The van der Waals surface area contributed by atoms with Crippen LogP contribution < -0.4 is 0 Å². The lowest BCUT2D eigenvalue weighted by Gasteiger charge is -2.46. The second-order valence-corrected chi connectivity index (χ2v) is 6.18. The summed E-state index contributed by atoms with van der Waals surface area (Å²) in [4.78, 5) is 2.24. The number of aryl methyl sites for hydroxylation is 2. The minimum Gasteiger partial charge on any atom is -0.391 e. The van der Waals surface area contributed by atoms with E-state index in [9.17, 15) is 5.11 Å². The third kappa shape index (κ3) is 2.84. The van der Waals surface area contributed by atoms with E-state index in [1.54, 1.807) is 0 Å². The average molecular weight is 265 g/mol. The molecule has 1 heterocycles. The summed E-state index contributed by atoms with van der Waals surface area (Å²) >= 11 is 0. The van der Waals surface area contributed by atoms with Gasteiger partial charge in [0, 0.05) is 24.7 Å². The predicted octanol–water partition coefficient (Wildman–Crippen LogP) is 1.90. The van der Waals surface area contributed by atoms with Crippen LogP contribution >= 0.6 is 0 Å². The lowest BCUT2D eigenvalue weighted by atomic mass is 9.75. The van der Waals surface area contributed by atoms with Crippen LogP contribution in [-0.4, -0.2) is 45.5 Å². The Kier molecular flexibility index (Phi) is 4.31. The van der Waals surface area contributed by atoms with E-state index < -0.39 is 0 Å². The van der Waals surface area contributed by atoms with Gasteiger partial charge in [0.1, 0.15) is 0 Å². The highest BCUT2D eigenvalue weighted by Crippen LogP contribution is 2.36. The molecule has 1 aliphatic carbocycles. The highest BCUT2D eigenvalue weighted by atomic mass is 16.3. The average Bonchev–Trinajstić information content (AvgIpc) is 2.68. The Hall–Kier alpha value is -0.870. The first-order valence-corrected chi connectivity index (χ1v) is 7.31. The molecule has 1 aromatic rings. The molecule has 1 atom stereocenters. The summed E-state index contributed by atoms with van der Waals surface area (Å²) in [7, 11) is 6.16. The lowest BCUT2D eigenvalue weighted by Crippen LogP contribution is -2.55. The molecule has 0 saturated heterocycles. The normalized spacial score (nSPS) is 20.7. The monoisotopic (exact) mass is 265 g/mol. The summed E-state index contributed by atoms with van der Waals surface area (Å²) in [6, 6.07) is 2.08. The van der Waals surface area contributed by atoms with Gasteiger partial charge in [-0.1, -0.05) is 19.3 Å². The maximum absolute atomic E-state index is 10.8. The zero-order valence-electron chi connectivity index (χ0n) is 12.7. The van der Waals surface area contributed by atoms with Crippen molar-refractivity contribution in [2.75, 3.05) is 14.1 Å². The smallest absolute Gasteiger partial charge is 0.0778 e. The lowest BCUT2D eigenvalue weighted by molar-refractivity contribution is -0.0318. The molecule has 4 heteroatoms. The van der Waals surface area contributed by atoms with Crippen LogP contribution in [0.25, 0.3) is 0 Å². The molecule has 1 aliphatic rings. The number of hydrogen-bond donors (Lipinski definition) is 1. The van der Waals surface area contributed by atoms with Crippen molar-refractivity contribution in [3.63, 3.8) is 0 Å². The molecule has 108 valence electrons. The molecule has 1 unspecified atom stereocenters. The predicted molar refractivity (Wildman–Crippen MR) is 77.2 cm³/mol. The molecular formula is C15H27N3O. The standard InChI is InChI=1S/C15H27N3O/c1-12-10-13(18(4)16-12)11-14(19)15(17(2)3)8-6-5-7-9-15/h10,14,19H,5-9,11H2,1-4H3. The van der Waals surface area contributed by atoms with E-state index in [0.29, 0.717) is 6.42 Å². The maximum atomic E-state index is 10.8. The summed E-state index contributed by atoms with van der Waals surface area (Å²) in [6.07, 6.45) is 6.30. The molecular weight excluding hydrogens is 238 g/mol. The topological polar surface area (TPSA) is 41.3 Å². The Morgan fingerprint density at radius 2 is 2.00 bits per heavy atom. The van der Waals surface area contributed by atoms with Crippen molar-refractivity contribution in [2.24, 2.45) is 7.05 Å². The second-order valence-electron chi connectivity index (χ2n) is 6.18. The van der Waals surface area contributed by atoms with Crippen LogP contribution in [0.1, 0.15) is 43.5 Å². The number of aliphatic hydroxyl groups is 1. The van der Waals surface area contributed by atoms with Gasteiger partial charge in [0.15, 0.2) is 0 Å². The molecule has 0 aromatic carbocycles. The van der Waals surface area contributed by atoms with Crippen LogP contribution in [0.4, 0.5) is 0 Å². The quantitative estimate of drug-likeness (QED) is 0.904. The number of hydrogen-bond acceptors (Lipinski definition) is 3. The molecule has 0 aliphatic heterocycles. The molecule has 1 N–H and O–H groups in total. The zero-order chi connectivity index (χ0) is 14.0. The fourth-order valence-electron chi connectivity index (χ4n) is 3.49. The van der Waals surface area contributed by atoms with Gasteiger partial charge in [0.05, 0.1) is 11.8 Å². The van der Waals surface area contributed by atoms with Crippen LogP contribution in [0.2, 0.25) is 0 Å². The maximum Gasteiger partial charge on any atom is 0.0778 e. The summed E-state index contributed by atoms with van der Waals surface area (Å²) < 4.78 is 1.89. The highest BCUT2D eigenvalue weighted by Gasteiger charge is 2.41. The first-order chi connectivity index (χ1) is 8.95. The van der Waals surface area contributed by atoms with Crippen LogP contribution in [-0.2, 0) is 13.5 Å². The summed E-state index contributed by atoms with van der Waals surface area (Å²) in [5.74, 6) is 0. The van der Waals surface area contributed by atoms with E-state index in [1.165, 1.54) is 19.3 Å². The van der Waals surface area contributed by atoms with Crippen molar-refractivity contribution in [3.8, 4) is 0 Å². The number of nitrogens with zero attached hydrogens (tertiary/aromatic N) is 3. The van der Waals surface area contributed by atoms with Gasteiger partial charge < -0.3 is 10.0 Å². The fraction of sp³-hybridized carbons (Fsp3) is 0.800. The van der Waals surface area contributed by atoms with E-state index in [-0.39, 0.29) is 11.6 Å². The number of aliphatic hydroxyl groups excluding tert-OH is 1. The van der Waals surface area contributed by atoms with Gasteiger partial charge in [-0.2, -0.15) is 5.10 Å². The van der Waals surface area contributed by atoms with Crippen LogP contribution in [0.15, 0.2) is 6.07 Å². The van der Waals surface area contributed by atoms with Crippen molar-refractivity contribution in [1.29, 1.82) is 0 Å². The van der Waals surface area contributed by atoms with E-state index in [4.69, 9.17) is 0 Å². The number of rotatable bonds is 4. The van der Waals surface area contributed by atoms with Crippen molar-refractivity contribution in [2.45, 2.75) is 57.1 Å². The third-order valence-corrected chi connectivity index (χ3v) is 4.73. The van der Waals surface area contributed by atoms with Crippen molar-refractivity contribution in [1.82, 2.24) is 14.7 Å². The van der Waals surface area contributed by atoms with Gasteiger partial charge in [0.2, 0.25) is 0 Å². The van der Waals surface area contributed by atoms with Gasteiger partial charge in [-0.15, -0.1) is 0 Å². The van der Waals surface area contributed by atoms with E-state index in [2.05, 4.69) is 30.2 Å². The first kappa shape index (κ1) is 14.5. The van der Waals surface area contributed by atoms with Gasteiger partial charge in [-0.05, 0) is 39.9 Å². The fourth-order valence-corrected chi connectivity index (χ4v) is 3.49. The molecule has 1 saturated carbocycles. The SMILES string of the molecule is Cc1cc(CC(O)C2(N(C)C)CCCCC2)n(C)n1. The summed E-state index contributed by atoms with van der Waals surface area (Å²) in [5, 5.41) is 15.2. The molecule has 0 bridgehead atoms. The molecule has 0 spiro atoms. The Balaban J connectivity index is 2.16. The highest BCUT2D eigenvalue weighted by molar-refractivity contribution is 5.12. The minimum atomic E-state index is -0.322. The summed E-state index contributed by atoms with van der Waals surface area (Å²) in [5.41, 5.74) is 2.08. The molecule has 1 fully saturated rings. The minimum absolute atomic E-state index is 0.0591. The molecule has 1 aromatic heterocycles. The van der Waals surface area contributed by atoms with E-state index in [1.807, 2.05) is 18.7 Å².